The van der Waals surface area contributed by atoms with Gasteiger partial charge in [0, 0.05) is 5.39 Å². The molecular weight excluding hydrogens is 336 g/mol. The minimum Gasteiger partial charge on any atom is -0.493 e. The van der Waals surface area contributed by atoms with Crippen LogP contribution in [0.3, 0.4) is 0 Å². The Morgan fingerprint density at radius 1 is 1.08 bits per heavy atom. The molecule has 1 amide bonds. The second kappa shape index (κ2) is 7.52. The lowest BCUT2D eigenvalue weighted by atomic mass is 10.2. The first-order valence-electron chi connectivity index (χ1n) is 7.70. The van der Waals surface area contributed by atoms with E-state index in [4.69, 9.17) is 13.9 Å². The highest BCUT2D eigenvalue weighted by Gasteiger charge is 2.12. The first kappa shape index (κ1) is 17.2. The van der Waals surface area contributed by atoms with Crippen molar-refractivity contribution in [1.82, 2.24) is 5.43 Å². The van der Waals surface area contributed by atoms with Crippen molar-refractivity contribution in [1.29, 1.82) is 0 Å². The highest BCUT2D eigenvalue weighted by atomic mass is 16.5. The van der Waals surface area contributed by atoms with Gasteiger partial charge in [-0.2, -0.15) is 5.10 Å². The summed E-state index contributed by atoms with van der Waals surface area (Å²) in [6.45, 7) is 0. The Kier molecular flexibility index (Phi) is 4.98. The maximum atomic E-state index is 12.2. The number of carbonyl (C=O) groups is 1. The number of hydrogen-bond donors (Lipinski definition) is 1. The fourth-order valence-corrected chi connectivity index (χ4v) is 2.38. The second-order valence-corrected chi connectivity index (χ2v) is 5.30. The molecule has 0 radical (unpaired) electrons. The number of para-hydroxylation sites is 1. The van der Waals surface area contributed by atoms with E-state index in [1.54, 1.807) is 49.6 Å². The molecule has 132 valence electrons. The molecule has 1 N–H and O–H groups in total. The van der Waals surface area contributed by atoms with Gasteiger partial charge in [0.2, 0.25) is 0 Å². The molecule has 0 saturated heterocycles. The first-order valence-corrected chi connectivity index (χ1v) is 7.70. The normalized spacial score (nSPS) is 10.8. The molecule has 0 atom stereocenters. The van der Waals surface area contributed by atoms with Gasteiger partial charge < -0.3 is 13.9 Å². The van der Waals surface area contributed by atoms with Gasteiger partial charge in [-0.3, -0.25) is 4.79 Å². The fourth-order valence-electron chi connectivity index (χ4n) is 2.38. The number of amides is 1. The lowest BCUT2D eigenvalue weighted by Crippen LogP contribution is -2.24. The molecule has 1 heterocycles. The Labute approximate surface area is 148 Å². The number of methoxy groups -OCH3 is 2. The number of nitrogens with zero attached hydrogens (tertiary/aromatic N) is 1. The Morgan fingerprint density at radius 2 is 1.85 bits per heavy atom. The van der Waals surface area contributed by atoms with Gasteiger partial charge in [-0.15, -0.1) is 0 Å². The average Bonchev–Trinajstić information content (AvgIpc) is 2.67. The van der Waals surface area contributed by atoms with Crippen LogP contribution in [0, 0.1) is 0 Å². The SMILES string of the molecule is COc1ccc(C=NNC(=O)c2cc3ccccc3oc2=O)cc1OC. The Morgan fingerprint density at radius 3 is 2.62 bits per heavy atom. The van der Waals surface area contributed by atoms with Crippen molar-refractivity contribution in [3.05, 3.63) is 70.1 Å². The summed E-state index contributed by atoms with van der Waals surface area (Å²) in [6, 6.07) is 13.6. The van der Waals surface area contributed by atoms with Crippen LogP contribution in [-0.2, 0) is 0 Å². The van der Waals surface area contributed by atoms with E-state index in [9.17, 15) is 9.59 Å². The largest absolute Gasteiger partial charge is 0.493 e. The maximum Gasteiger partial charge on any atom is 0.349 e. The zero-order valence-corrected chi connectivity index (χ0v) is 14.2. The summed E-state index contributed by atoms with van der Waals surface area (Å²) < 4.78 is 15.5. The van der Waals surface area contributed by atoms with Crippen molar-refractivity contribution in [3.63, 3.8) is 0 Å². The minimum absolute atomic E-state index is 0.117. The van der Waals surface area contributed by atoms with E-state index < -0.39 is 11.5 Å². The monoisotopic (exact) mass is 352 g/mol. The molecule has 0 aliphatic carbocycles. The van der Waals surface area contributed by atoms with E-state index in [0.717, 1.165) is 0 Å². The topological polar surface area (TPSA) is 90.1 Å². The highest BCUT2D eigenvalue weighted by molar-refractivity contribution is 5.97. The number of fused-ring (bicyclic) bond motifs is 1. The Hall–Kier alpha value is -3.61. The molecule has 0 aliphatic heterocycles. The number of benzene rings is 2. The first-order chi connectivity index (χ1) is 12.6. The van der Waals surface area contributed by atoms with Crippen LogP contribution in [-0.4, -0.2) is 26.3 Å². The molecule has 26 heavy (non-hydrogen) atoms. The van der Waals surface area contributed by atoms with Gasteiger partial charge in [-0.05, 0) is 35.9 Å². The molecule has 7 heteroatoms. The van der Waals surface area contributed by atoms with Crippen molar-refractivity contribution in [2.24, 2.45) is 5.10 Å². The van der Waals surface area contributed by atoms with E-state index in [0.29, 0.717) is 28.0 Å². The van der Waals surface area contributed by atoms with Crippen molar-refractivity contribution in [3.8, 4) is 11.5 Å². The van der Waals surface area contributed by atoms with Gasteiger partial charge in [0.25, 0.3) is 5.91 Å². The van der Waals surface area contributed by atoms with E-state index in [2.05, 4.69) is 10.5 Å². The predicted octanol–water partition coefficient (Wildman–Crippen LogP) is 2.57. The average molecular weight is 352 g/mol. The van der Waals surface area contributed by atoms with Crippen LogP contribution in [0.15, 0.2) is 62.8 Å². The maximum absolute atomic E-state index is 12.2. The molecule has 7 nitrogen and oxygen atoms in total. The van der Waals surface area contributed by atoms with Gasteiger partial charge in [0.05, 0.1) is 20.4 Å². The van der Waals surface area contributed by atoms with Crippen molar-refractivity contribution < 1.29 is 18.7 Å². The van der Waals surface area contributed by atoms with Crippen molar-refractivity contribution in [2.75, 3.05) is 14.2 Å². The number of rotatable bonds is 5. The molecule has 0 spiro atoms. The molecule has 3 rings (SSSR count). The molecule has 0 saturated carbocycles. The molecule has 1 aromatic heterocycles. The third-order valence-corrected chi connectivity index (χ3v) is 3.67. The third-order valence-electron chi connectivity index (χ3n) is 3.67. The number of hydrazone groups is 1. The van der Waals surface area contributed by atoms with E-state index in [1.165, 1.54) is 19.4 Å². The fraction of sp³-hybridized carbons (Fsp3) is 0.105. The molecule has 0 bridgehead atoms. The molecule has 0 fully saturated rings. The predicted molar refractivity (Wildman–Crippen MR) is 97.1 cm³/mol. The van der Waals surface area contributed by atoms with Gasteiger partial charge in [0.15, 0.2) is 11.5 Å². The Bertz CT molecular complexity index is 1040. The second-order valence-electron chi connectivity index (χ2n) is 5.30. The molecule has 2 aromatic carbocycles. The smallest absolute Gasteiger partial charge is 0.349 e. The minimum atomic E-state index is -0.720. The zero-order valence-electron chi connectivity index (χ0n) is 14.2. The number of ether oxygens (including phenoxy) is 2. The van der Waals surface area contributed by atoms with Gasteiger partial charge in [0.1, 0.15) is 11.1 Å². The summed E-state index contributed by atoms with van der Waals surface area (Å²) in [7, 11) is 3.07. The summed E-state index contributed by atoms with van der Waals surface area (Å²) in [5, 5.41) is 4.52. The summed E-state index contributed by atoms with van der Waals surface area (Å²) in [6.07, 6.45) is 1.43. The van der Waals surface area contributed by atoms with Crippen molar-refractivity contribution in [2.45, 2.75) is 0 Å². The van der Waals surface area contributed by atoms with Crippen LogP contribution < -0.4 is 20.5 Å². The van der Waals surface area contributed by atoms with Gasteiger partial charge in [-0.1, -0.05) is 18.2 Å². The summed E-state index contributed by atoms with van der Waals surface area (Å²) in [4.78, 5) is 24.1. The molecule has 3 aromatic rings. The van der Waals surface area contributed by atoms with Crippen molar-refractivity contribution >= 4 is 23.1 Å². The van der Waals surface area contributed by atoms with Crippen LogP contribution in [0.5, 0.6) is 11.5 Å². The van der Waals surface area contributed by atoms with Gasteiger partial charge >= 0.3 is 5.63 Å². The zero-order chi connectivity index (χ0) is 18.5. The summed E-state index contributed by atoms with van der Waals surface area (Å²) >= 11 is 0. The Balaban J connectivity index is 1.77. The number of carbonyl (C=O) groups excluding carboxylic acids is 1. The lowest BCUT2D eigenvalue weighted by molar-refractivity contribution is 0.0951. The van der Waals surface area contributed by atoms with Crippen LogP contribution in [0.25, 0.3) is 11.0 Å². The number of hydrogen-bond acceptors (Lipinski definition) is 6. The summed E-state index contributed by atoms with van der Waals surface area (Å²) in [5.74, 6) is 0.474. The van der Waals surface area contributed by atoms with Crippen LogP contribution in [0.2, 0.25) is 0 Å². The number of nitrogens with one attached hydrogen (secondary N) is 1. The molecular formula is C19H16N2O5. The van der Waals surface area contributed by atoms with Crippen LogP contribution >= 0.6 is 0 Å². The van der Waals surface area contributed by atoms with E-state index in [1.807, 2.05) is 0 Å². The quantitative estimate of drug-likeness (QED) is 0.433. The van der Waals surface area contributed by atoms with Crippen LogP contribution in [0.4, 0.5) is 0 Å². The van der Waals surface area contributed by atoms with E-state index >= 15 is 0 Å². The standard InChI is InChI=1S/C19H16N2O5/c1-24-16-8-7-12(9-17(16)25-2)11-20-21-18(22)14-10-13-5-3-4-6-15(13)26-19(14)23/h3-11H,1-2H3,(H,21,22). The highest BCUT2D eigenvalue weighted by Crippen LogP contribution is 2.26. The lowest BCUT2D eigenvalue weighted by Gasteiger charge is -2.07. The van der Waals surface area contributed by atoms with Gasteiger partial charge in [-0.25, -0.2) is 10.2 Å². The molecule has 0 aliphatic rings. The van der Waals surface area contributed by atoms with Crippen LogP contribution in [0.1, 0.15) is 15.9 Å². The third kappa shape index (κ3) is 3.56. The van der Waals surface area contributed by atoms with E-state index in [-0.39, 0.29) is 5.56 Å². The summed E-state index contributed by atoms with van der Waals surface area (Å²) in [5.41, 5.74) is 2.59. The molecule has 0 unspecified atom stereocenters.